The lowest BCUT2D eigenvalue weighted by atomic mass is 9.92. The molecule has 2 aromatic carbocycles. The smallest absolute Gasteiger partial charge is 0.224 e. The van der Waals surface area contributed by atoms with Crippen molar-refractivity contribution in [2.45, 2.75) is 18.9 Å². The summed E-state index contributed by atoms with van der Waals surface area (Å²) in [6.07, 6.45) is 2.93. The minimum Gasteiger partial charge on any atom is -0.493 e. The molecule has 1 heterocycles. The topological polar surface area (TPSA) is 62.8 Å². The largest absolute Gasteiger partial charge is 0.493 e. The molecule has 0 fully saturated rings. The number of carbonyl (C=O) groups excluding carboxylic acids is 1. The van der Waals surface area contributed by atoms with Crippen LogP contribution in [-0.2, 0) is 17.6 Å². The van der Waals surface area contributed by atoms with Gasteiger partial charge in [-0.2, -0.15) is 0 Å². The van der Waals surface area contributed by atoms with E-state index in [0.717, 1.165) is 24.1 Å². The highest BCUT2D eigenvalue weighted by molar-refractivity contribution is 7.80. The van der Waals surface area contributed by atoms with Gasteiger partial charge in [0.25, 0.3) is 0 Å². The predicted octanol–water partition coefficient (Wildman–Crippen LogP) is 3.02. The van der Waals surface area contributed by atoms with E-state index >= 15 is 0 Å². The fraction of sp³-hybridized carbons (Fsp3) is 0.333. The Labute approximate surface area is 189 Å². The molecule has 31 heavy (non-hydrogen) atoms. The van der Waals surface area contributed by atoms with E-state index in [4.69, 9.17) is 21.7 Å². The number of ether oxygens (including phenoxy) is 2. The molecule has 1 amide bonds. The molecule has 0 saturated carbocycles. The monoisotopic (exact) mass is 439 g/mol. The second-order valence-corrected chi connectivity index (χ2v) is 7.69. The van der Waals surface area contributed by atoms with Crippen LogP contribution in [-0.4, -0.2) is 49.8 Å². The zero-order valence-electron chi connectivity index (χ0n) is 18.0. The van der Waals surface area contributed by atoms with Gasteiger partial charge in [-0.05, 0) is 47.5 Å². The molecule has 3 rings (SSSR count). The number of nitrogens with zero attached hydrogens (tertiary/aromatic N) is 1. The molecule has 2 N–H and O–H groups in total. The summed E-state index contributed by atoms with van der Waals surface area (Å²) in [5, 5.41) is 6.94. The summed E-state index contributed by atoms with van der Waals surface area (Å²) in [4.78, 5) is 14.7. The normalized spacial score (nSPS) is 14.9. The Balaban J connectivity index is 1.83. The van der Waals surface area contributed by atoms with Crippen LogP contribution >= 0.6 is 12.2 Å². The van der Waals surface area contributed by atoms with Gasteiger partial charge in [-0.25, -0.2) is 0 Å². The molecular weight excluding hydrogens is 410 g/mol. The molecule has 6 nitrogen and oxygen atoms in total. The Kier molecular flexibility index (Phi) is 7.89. The van der Waals surface area contributed by atoms with E-state index in [1.165, 1.54) is 5.56 Å². The maximum atomic E-state index is 12.6. The number of thiocarbonyl (C=S) groups is 1. The van der Waals surface area contributed by atoms with Gasteiger partial charge >= 0.3 is 0 Å². The van der Waals surface area contributed by atoms with E-state index in [-0.39, 0.29) is 11.9 Å². The number of nitrogens with one attached hydrogen (secondary N) is 2. The van der Waals surface area contributed by atoms with Crippen molar-refractivity contribution in [2.24, 2.45) is 0 Å². The van der Waals surface area contributed by atoms with Crippen molar-refractivity contribution in [2.75, 3.05) is 33.9 Å². The van der Waals surface area contributed by atoms with Crippen LogP contribution in [0.5, 0.6) is 11.5 Å². The molecule has 164 valence electrons. The molecule has 0 saturated heterocycles. The quantitative estimate of drug-likeness (QED) is 0.487. The third-order valence-electron chi connectivity index (χ3n) is 5.36. The van der Waals surface area contributed by atoms with Crippen LogP contribution in [0.3, 0.4) is 0 Å². The van der Waals surface area contributed by atoms with Crippen molar-refractivity contribution in [3.8, 4) is 11.5 Å². The standard InChI is InChI=1S/C24H29N3O3S/c1-4-11-25-24(31)27-12-10-18-14-21(29-2)22(30-3)15-19(18)20(27)16-26-23(28)13-17-8-6-5-7-9-17/h4-9,14-15,20H,1,10-13,16H2,2-3H3,(H,25,31)(H,26,28). The minimum atomic E-state index is -0.118. The first kappa shape index (κ1) is 22.6. The van der Waals surface area contributed by atoms with Gasteiger partial charge < -0.3 is 25.0 Å². The van der Waals surface area contributed by atoms with Crippen LogP contribution in [0.1, 0.15) is 22.7 Å². The molecule has 0 aliphatic carbocycles. The van der Waals surface area contributed by atoms with Gasteiger partial charge in [-0.3, -0.25) is 4.79 Å². The Bertz CT molecular complexity index is 933. The Morgan fingerprint density at radius 2 is 1.90 bits per heavy atom. The lowest BCUT2D eigenvalue weighted by molar-refractivity contribution is -0.120. The molecule has 1 aliphatic rings. The van der Waals surface area contributed by atoms with Gasteiger partial charge in [0, 0.05) is 19.6 Å². The van der Waals surface area contributed by atoms with Gasteiger partial charge in [0.2, 0.25) is 5.91 Å². The van der Waals surface area contributed by atoms with Gasteiger partial charge in [0.1, 0.15) is 0 Å². The van der Waals surface area contributed by atoms with E-state index in [1.807, 2.05) is 42.5 Å². The summed E-state index contributed by atoms with van der Waals surface area (Å²) in [6, 6.07) is 13.6. The molecule has 1 aliphatic heterocycles. The first-order chi connectivity index (χ1) is 15.1. The number of methoxy groups -OCH3 is 2. The fourth-order valence-corrected chi connectivity index (χ4v) is 4.11. The van der Waals surface area contributed by atoms with Crippen LogP contribution in [0, 0.1) is 0 Å². The molecular formula is C24H29N3O3S. The highest BCUT2D eigenvalue weighted by atomic mass is 32.1. The van der Waals surface area contributed by atoms with E-state index in [1.54, 1.807) is 20.3 Å². The fourth-order valence-electron chi connectivity index (χ4n) is 3.81. The van der Waals surface area contributed by atoms with Gasteiger partial charge in [-0.1, -0.05) is 36.4 Å². The van der Waals surface area contributed by atoms with Crippen molar-refractivity contribution in [3.05, 3.63) is 71.8 Å². The lowest BCUT2D eigenvalue weighted by Crippen LogP contribution is -2.49. The molecule has 0 aromatic heterocycles. The van der Waals surface area contributed by atoms with E-state index in [2.05, 4.69) is 22.1 Å². The van der Waals surface area contributed by atoms with Gasteiger partial charge in [-0.15, -0.1) is 6.58 Å². The third-order valence-corrected chi connectivity index (χ3v) is 5.74. The number of amides is 1. The Morgan fingerprint density at radius 1 is 1.19 bits per heavy atom. The molecule has 0 bridgehead atoms. The number of hydrogen-bond acceptors (Lipinski definition) is 4. The summed E-state index contributed by atoms with van der Waals surface area (Å²) in [7, 11) is 3.26. The second kappa shape index (κ2) is 10.8. The van der Waals surface area contributed by atoms with Crippen molar-refractivity contribution < 1.29 is 14.3 Å². The number of carbonyl (C=O) groups is 1. The summed E-state index contributed by atoms with van der Waals surface area (Å²) in [6.45, 7) is 5.51. The van der Waals surface area contributed by atoms with E-state index in [9.17, 15) is 4.79 Å². The van der Waals surface area contributed by atoms with Crippen LogP contribution in [0.2, 0.25) is 0 Å². The van der Waals surface area contributed by atoms with Gasteiger partial charge in [0.15, 0.2) is 16.6 Å². The average Bonchev–Trinajstić information content (AvgIpc) is 2.80. The summed E-state index contributed by atoms with van der Waals surface area (Å²) in [5.41, 5.74) is 3.23. The van der Waals surface area contributed by atoms with Crippen LogP contribution in [0.4, 0.5) is 0 Å². The maximum Gasteiger partial charge on any atom is 0.224 e. The number of benzene rings is 2. The van der Waals surface area contributed by atoms with Crippen molar-refractivity contribution in [1.82, 2.24) is 15.5 Å². The van der Waals surface area contributed by atoms with Crippen LogP contribution in [0.15, 0.2) is 55.1 Å². The Morgan fingerprint density at radius 3 is 2.58 bits per heavy atom. The van der Waals surface area contributed by atoms with Crippen LogP contribution < -0.4 is 20.1 Å². The molecule has 2 aromatic rings. The maximum absolute atomic E-state index is 12.6. The lowest BCUT2D eigenvalue weighted by Gasteiger charge is -2.39. The number of hydrogen-bond donors (Lipinski definition) is 2. The zero-order valence-corrected chi connectivity index (χ0v) is 18.8. The average molecular weight is 440 g/mol. The molecule has 0 spiro atoms. The van der Waals surface area contributed by atoms with Crippen molar-refractivity contribution >= 4 is 23.2 Å². The van der Waals surface area contributed by atoms with Gasteiger partial charge in [0.05, 0.1) is 26.7 Å². The SMILES string of the molecule is C=CCNC(=S)N1CCc2cc(OC)c(OC)cc2C1CNC(=O)Cc1ccccc1. The first-order valence-electron chi connectivity index (χ1n) is 10.3. The van der Waals surface area contributed by atoms with E-state index in [0.29, 0.717) is 36.1 Å². The van der Waals surface area contributed by atoms with Crippen LogP contribution in [0.25, 0.3) is 0 Å². The Hall–Kier alpha value is -3.06. The highest BCUT2D eigenvalue weighted by Gasteiger charge is 2.31. The molecule has 7 heteroatoms. The summed E-state index contributed by atoms with van der Waals surface area (Å²) < 4.78 is 11.0. The third kappa shape index (κ3) is 5.55. The van der Waals surface area contributed by atoms with Crippen molar-refractivity contribution in [3.63, 3.8) is 0 Å². The second-order valence-electron chi connectivity index (χ2n) is 7.31. The summed E-state index contributed by atoms with van der Waals surface area (Å²) in [5.74, 6) is 1.34. The van der Waals surface area contributed by atoms with E-state index < -0.39 is 0 Å². The predicted molar refractivity (Wildman–Crippen MR) is 127 cm³/mol. The zero-order chi connectivity index (χ0) is 22.2. The van der Waals surface area contributed by atoms with Crippen molar-refractivity contribution in [1.29, 1.82) is 0 Å². The number of fused-ring (bicyclic) bond motifs is 1. The number of rotatable bonds is 8. The minimum absolute atomic E-state index is 0.0243. The molecule has 0 radical (unpaired) electrons. The first-order valence-corrected chi connectivity index (χ1v) is 10.7. The molecule has 1 atom stereocenters. The molecule has 1 unspecified atom stereocenters. The highest BCUT2D eigenvalue weighted by Crippen LogP contribution is 2.38. The summed E-state index contributed by atoms with van der Waals surface area (Å²) >= 11 is 5.64.